The van der Waals surface area contributed by atoms with Crippen LogP contribution in [0.25, 0.3) is 0 Å². The van der Waals surface area contributed by atoms with Crippen LogP contribution in [0.4, 0.5) is 13.2 Å². The summed E-state index contributed by atoms with van der Waals surface area (Å²) in [6, 6.07) is 5.10. The van der Waals surface area contributed by atoms with E-state index in [9.17, 15) is 13.2 Å². The first-order valence-electron chi connectivity index (χ1n) is 5.43. The first-order valence-corrected chi connectivity index (χ1v) is 6.42. The van der Waals surface area contributed by atoms with Gasteiger partial charge in [0.1, 0.15) is 0 Å². The van der Waals surface area contributed by atoms with Gasteiger partial charge < -0.3 is 4.42 Å². The van der Waals surface area contributed by atoms with Crippen LogP contribution in [0.5, 0.6) is 0 Å². The maximum atomic E-state index is 12.8. The summed E-state index contributed by atoms with van der Waals surface area (Å²) in [5.74, 6) is 1.01. The maximum absolute atomic E-state index is 12.8. The quantitative estimate of drug-likeness (QED) is 0.811. The second-order valence-electron chi connectivity index (χ2n) is 3.82. The second-order valence-corrected chi connectivity index (χ2v) is 4.87. The Labute approximate surface area is 116 Å². The summed E-state index contributed by atoms with van der Waals surface area (Å²) < 4.78 is 43.5. The highest BCUT2D eigenvalue weighted by Gasteiger charge is 2.33. The third-order valence-electron chi connectivity index (χ3n) is 2.35. The minimum atomic E-state index is -4.55. The molecule has 1 aromatic heterocycles. The van der Waals surface area contributed by atoms with E-state index in [0.717, 1.165) is 23.9 Å². The van der Waals surface area contributed by atoms with E-state index in [-0.39, 0.29) is 5.75 Å². The van der Waals surface area contributed by atoms with E-state index in [0.29, 0.717) is 16.7 Å². The maximum Gasteiger partial charge on any atom is 0.417 e. The highest BCUT2D eigenvalue weighted by atomic mass is 32.2. The number of rotatable bonds is 3. The fourth-order valence-electron chi connectivity index (χ4n) is 1.49. The number of nitriles is 1. The monoisotopic (exact) mass is 299 g/mol. The Hall–Kier alpha value is -2.01. The molecule has 8 heteroatoms. The van der Waals surface area contributed by atoms with Gasteiger partial charge in [0.25, 0.3) is 0 Å². The lowest BCUT2D eigenvalue weighted by Crippen LogP contribution is -2.07. The van der Waals surface area contributed by atoms with Crippen LogP contribution >= 0.6 is 11.8 Å². The molecule has 0 unspecified atom stereocenters. The van der Waals surface area contributed by atoms with Crippen molar-refractivity contribution in [2.45, 2.75) is 23.7 Å². The molecular formula is C12H8F3N3OS. The SMILES string of the molecule is Cc1nnc(CSc2ccc(C#N)c(C(F)(F)F)c2)o1. The predicted molar refractivity (Wildman–Crippen MR) is 64.8 cm³/mol. The topological polar surface area (TPSA) is 62.7 Å². The normalized spacial score (nSPS) is 11.3. The van der Waals surface area contributed by atoms with Gasteiger partial charge in [-0.25, -0.2) is 0 Å². The molecule has 0 spiro atoms. The molecule has 0 aliphatic carbocycles. The van der Waals surface area contributed by atoms with Crippen LogP contribution < -0.4 is 0 Å². The molecule has 0 bridgehead atoms. The summed E-state index contributed by atoms with van der Waals surface area (Å²) in [5, 5.41) is 16.1. The summed E-state index contributed by atoms with van der Waals surface area (Å²) >= 11 is 1.13. The number of hydrogen-bond acceptors (Lipinski definition) is 5. The fourth-order valence-corrected chi connectivity index (χ4v) is 2.26. The molecule has 0 N–H and O–H groups in total. The van der Waals surface area contributed by atoms with Gasteiger partial charge in [0.15, 0.2) is 0 Å². The van der Waals surface area contributed by atoms with Crippen LogP contribution in [0.2, 0.25) is 0 Å². The van der Waals surface area contributed by atoms with Crippen molar-refractivity contribution in [3.8, 4) is 6.07 Å². The minimum Gasteiger partial charge on any atom is -0.425 e. The van der Waals surface area contributed by atoms with Crippen molar-refractivity contribution in [1.29, 1.82) is 5.26 Å². The van der Waals surface area contributed by atoms with E-state index in [2.05, 4.69) is 10.2 Å². The number of thioether (sulfide) groups is 1. The Morgan fingerprint density at radius 1 is 1.35 bits per heavy atom. The molecule has 0 saturated heterocycles. The van der Waals surface area contributed by atoms with Gasteiger partial charge in [0.2, 0.25) is 11.8 Å². The number of nitrogens with zero attached hydrogens (tertiary/aromatic N) is 3. The van der Waals surface area contributed by atoms with Crippen molar-refractivity contribution in [1.82, 2.24) is 10.2 Å². The Morgan fingerprint density at radius 2 is 2.10 bits per heavy atom. The zero-order chi connectivity index (χ0) is 14.8. The average Bonchev–Trinajstić information content (AvgIpc) is 2.81. The minimum absolute atomic E-state index is 0.268. The number of alkyl halides is 3. The smallest absolute Gasteiger partial charge is 0.417 e. The molecule has 20 heavy (non-hydrogen) atoms. The van der Waals surface area contributed by atoms with E-state index in [1.165, 1.54) is 12.1 Å². The number of aryl methyl sites for hydroxylation is 1. The molecule has 104 valence electrons. The van der Waals surface area contributed by atoms with Crippen LogP contribution in [0, 0.1) is 18.3 Å². The Bertz CT molecular complexity index is 661. The van der Waals surface area contributed by atoms with Crippen LogP contribution in [0.3, 0.4) is 0 Å². The molecule has 0 radical (unpaired) electrons. The lowest BCUT2D eigenvalue weighted by Gasteiger charge is -2.10. The van der Waals surface area contributed by atoms with E-state index in [4.69, 9.17) is 9.68 Å². The third-order valence-corrected chi connectivity index (χ3v) is 3.33. The van der Waals surface area contributed by atoms with Gasteiger partial charge in [0, 0.05) is 11.8 Å². The number of benzene rings is 1. The molecule has 2 rings (SSSR count). The molecular weight excluding hydrogens is 291 g/mol. The summed E-state index contributed by atoms with van der Waals surface area (Å²) in [6.07, 6.45) is -4.55. The molecule has 0 aliphatic rings. The van der Waals surface area contributed by atoms with Crippen molar-refractivity contribution in [2.24, 2.45) is 0 Å². The zero-order valence-corrected chi connectivity index (χ0v) is 11.0. The van der Waals surface area contributed by atoms with E-state index >= 15 is 0 Å². The Balaban J connectivity index is 2.19. The Kier molecular flexibility index (Phi) is 3.99. The summed E-state index contributed by atoms with van der Waals surface area (Å²) in [7, 11) is 0. The summed E-state index contributed by atoms with van der Waals surface area (Å²) in [5.41, 5.74) is -1.33. The van der Waals surface area contributed by atoms with Crippen molar-refractivity contribution in [3.63, 3.8) is 0 Å². The first-order chi connectivity index (χ1) is 9.40. The van der Waals surface area contributed by atoms with Crippen LogP contribution in [-0.2, 0) is 11.9 Å². The van der Waals surface area contributed by atoms with Gasteiger partial charge in [-0.15, -0.1) is 22.0 Å². The van der Waals surface area contributed by atoms with Crippen LogP contribution in [-0.4, -0.2) is 10.2 Å². The van der Waals surface area contributed by atoms with Crippen LogP contribution in [0.1, 0.15) is 22.9 Å². The van der Waals surface area contributed by atoms with E-state index in [1.807, 2.05) is 0 Å². The molecule has 0 amide bonds. The van der Waals surface area contributed by atoms with Crippen molar-refractivity contribution < 1.29 is 17.6 Å². The third kappa shape index (κ3) is 3.30. The number of halogens is 3. The van der Waals surface area contributed by atoms with Gasteiger partial charge in [0.05, 0.1) is 22.9 Å². The van der Waals surface area contributed by atoms with Crippen molar-refractivity contribution >= 4 is 11.8 Å². The van der Waals surface area contributed by atoms with E-state index in [1.54, 1.807) is 6.92 Å². The van der Waals surface area contributed by atoms with Gasteiger partial charge in [-0.05, 0) is 18.2 Å². The highest BCUT2D eigenvalue weighted by Crippen LogP contribution is 2.35. The largest absolute Gasteiger partial charge is 0.425 e. The average molecular weight is 299 g/mol. The lowest BCUT2D eigenvalue weighted by molar-refractivity contribution is -0.137. The Morgan fingerprint density at radius 3 is 2.65 bits per heavy atom. The molecule has 1 aromatic carbocycles. The second kappa shape index (κ2) is 5.54. The molecule has 2 aromatic rings. The molecule has 0 atom stereocenters. The molecule has 1 heterocycles. The van der Waals surface area contributed by atoms with Gasteiger partial charge in [-0.1, -0.05) is 0 Å². The zero-order valence-electron chi connectivity index (χ0n) is 10.2. The van der Waals surface area contributed by atoms with E-state index < -0.39 is 17.3 Å². The van der Waals surface area contributed by atoms with Gasteiger partial charge >= 0.3 is 6.18 Å². The highest BCUT2D eigenvalue weighted by molar-refractivity contribution is 7.98. The first kappa shape index (κ1) is 14.4. The molecule has 0 fully saturated rings. The van der Waals surface area contributed by atoms with Crippen LogP contribution in [0.15, 0.2) is 27.5 Å². The molecule has 0 aliphatic heterocycles. The van der Waals surface area contributed by atoms with Crippen molar-refractivity contribution in [3.05, 3.63) is 41.1 Å². The molecule has 0 saturated carbocycles. The standard InChI is InChI=1S/C12H8F3N3OS/c1-7-17-18-11(19-7)6-20-9-3-2-8(5-16)10(4-9)12(13,14)15/h2-4H,6H2,1H3. The molecule has 4 nitrogen and oxygen atoms in total. The predicted octanol–water partition coefficient (Wildman–Crippen LogP) is 3.56. The van der Waals surface area contributed by atoms with Gasteiger partial charge in [-0.3, -0.25) is 0 Å². The fraction of sp³-hybridized carbons (Fsp3) is 0.250. The number of hydrogen-bond donors (Lipinski definition) is 0. The number of aromatic nitrogens is 2. The van der Waals surface area contributed by atoms with Crippen molar-refractivity contribution in [2.75, 3.05) is 0 Å². The summed E-state index contributed by atoms with van der Waals surface area (Å²) in [4.78, 5) is 0.382. The lowest BCUT2D eigenvalue weighted by atomic mass is 10.1. The van der Waals surface area contributed by atoms with Gasteiger partial charge in [-0.2, -0.15) is 18.4 Å². The summed E-state index contributed by atoms with van der Waals surface area (Å²) in [6.45, 7) is 1.63.